The van der Waals surface area contributed by atoms with E-state index in [1.54, 1.807) is 25.2 Å². The van der Waals surface area contributed by atoms with E-state index in [4.69, 9.17) is 0 Å². The standard InChI is InChI=1S/C14H17NOS/c1-10-5-4-6-11(7-10)12-9-17-13(15-12)8-14(2,3)16/h4-7,9,16H,8H2,1-3H3. The molecule has 2 aromatic rings. The molecule has 2 nitrogen and oxygen atoms in total. The summed E-state index contributed by atoms with van der Waals surface area (Å²) in [5.41, 5.74) is 2.68. The Morgan fingerprint density at radius 3 is 2.76 bits per heavy atom. The lowest BCUT2D eigenvalue weighted by Crippen LogP contribution is -2.21. The molecule has 0 spiro atoms. The van der Waals surface area contributed by atoms with Crippen molar-refractivity contribution < 1.29 is 5.11 Å². The lowest BCUT2D eigenvalue weighted by molar-refractivity contribution is 0.0809. The fourth-order valence-electron chi connectivity index (χ4n) is 1.70. The van der Waals surface area contributed by atoms with Crippen LogP contribution in [0.1, 0.15) is 24.4 Å². The number of aryl methyl sites for hydroxylation is 1. The van der Waals surface area contributed by atoms with Crippen LogP contribution in [0.4, 0.5) is 0 Å². The molecule has 2 rings (SSSR count). The van der Waals surface area contributed by atoms with Gasteiger partial charge in [-0.1, -0.05) is 23.8 Å². The minimum atomic E-state index is -0.693. The van der Waals surface area contributed by atoms with Crippen LogP contribution in [0.5, 0.6) is 0 Å². The number of aliphatic hydroxyl groups is 1. The van der Waals surface area contributed by atoms with Gasteiger partial charge in [0.1, 0.15) is 0 Å². The second kappa shape index (κ2) is 4.59. The predicted octanol–water partition coefficient (Wildman–Crippen LogP) is 3.43. The first kappa shape index (κ1) is 12.3. The summed E-state index contributed by atoms with van der Waals surface area (Å²) in [6, 6.07) is 8.31. The van der Waals surface area contributed by atoms with E-state index in [0.717, 1.165) is 16.3 Å². The number of aromatic nitrogens is 1. The highest BCUT2D eigenvalue weighted by Crippen LogP contribution is 2.24. The molecule has 0 bridgehead atoms. The zero-order valence-electron chi connectivity index (χ0n) is 10.4. The molecule has 0 amide bonds. The van der Waals surface area contributed by atoms with Gasteiger partial charge in [0.05, 0.1) is 16.3 Å². The highest BCUT2D eigenvalue weighted by Gasteiger charge is 2.16. The SMILES string of the molecule is Cc1cccc(-c2csc(CC(C)(C)O)n2)c1. The quantitative estimate of drug-likeness (QED) is 0.901. The fourth-order valence-corrected chi connectivity index (χ4v) is 2.72. The Kier molecular flexibility index (Phi) is 3.31. The van der Waals surface area contributed by atoms with Crippen LogP contribution >= 0.6 is 11.3 Å². The van der Waals surface area contributed by atoms with Crippen molar-refractivity contribution >= 4 is 11.3 Å². The van der Waals surface area contributed by atoms with E-state index in [0.29, 0.717) is 6.42 Å². The Labute approximate surface area is 106 Å². The Morgan fingerprint density at radius 1 is 1.35 bits per heavy atom. The molecule has 1 N–H and O–H groups in total. The van der Waals surface area contributed by atoms with Crippen LogP contribution in [0.15, 0.2) is 29.6 Å². The molecule has 0 atom stereocenters. The van der Waals surface area contributed by atoms with Crippen molar-refractivity contribution in [3.8, 4) is 11.3 Å². The summed E-state index contributed by atoms with van der Waals surface area (Å²) in [6.07, 6.45) is 0.601. The van der Waals surface area contributed by atoms with Crippen LogP contribution in [-0.2, 0) is 6.42 Å². The fraction of sp³-hybridized carbons (Fsp3) is 0.357. The van der Waals surface area contributed by atoms with Crippen molar-refractivity contribution in [3.63, 3.8) is 0 Å². The van der Waals surface area contributed by atoms with Gasteiger partial charge in [0.15, 0.2) is 0 Å². The molecular weight excluding hydrogens is 230 g/mol. The van der Waals surface area contributed by atoms with Gasteiger partial charge in [-0.25, -0.2) is 4.98 Å². The zero-order valence-corrected chi connectivity index (χ0v) is 11.2. The van der Waals surface area contributed by atoms with Crippen LogP contribution in [0.3, 0.4) is 0 Å². The van der Waals surface area contributed by atoms with Crippen molar-refractivity contribution in [2.45, 2.75) is 32.8 Å². The zero-order chi connectivity index (χ0) is 12.5. The van der Waals surface area contributed by atoms with Crippen molar-refractivity contribution in [2.75, 3.05) is 0 Å². The molecular formula is C14H17NOS. The maximum Gasteiger partial charge on any atom is 0.0961 e. The smallest absolute Gasteiger partial charge is 0.0961 e. The number of thiazole rings is 1. The number of hydrogen-bond acceptors (Lipinski definition) is 3. The first-order valence-corrected chi connectivity index (χ1v) is 6.56. The van der Waals surface area contributed by atoms with Gasteiger partial charge in [-0.2, -0.15) is 0 Å². The van der Waals surface area contributed by atoms with Crippen LogP contribution in [0, 0.1) is 6.92 Å². The molecule has 0 saturated carbocycles. The largest absolute Gasteiger partial charge is 0.390 e. The highest BCUT2D eigenvalue weighted by molar-refractivity contribution is 7.09. The number of nitrogens with zero attached hydrogens (tertiary/aromatic N) is 1. The topological polar surface area (TPSA) is 33.1 Å². The third-order valence-electron chi connectivity index (χ3n) is 2.45. The van der Waals surface area contributed by atoms with E-state index >= 15 is 0 Å². The summed E-state index contributed by atoms with van der Waals surface area (Å²) in [6.45, 7) is 5.69. The monoisotopic (exact) mass is 247 g/mol. The summed E-state index contributed by atoms with van der Waals surface area (Å²) >= 11 is 1.61. The normalized spacial score (nSPS) is 11.8. The van der Waals surface area contributed by atoms with Crippen molar-refractivity contribution in [1.29, 1.82) is 0 Å². The molecule has 0 fully saturated rings. The van der Waals surface area contributed by atoms with Gasteiger partial charge >= 0.3 is 0 Å². The summed E-state index contributed by atoms with van der Waals surface area (Å²) in [4.78, 5) is 4.57. The second-order valence-electron chi connectivity index (χ2n) is 4.99. The van der Waals surface area contributed by atoms with Crippen LogP contribution in [-0.4, -0.2) is 15.7 Å². The Morgan fingerprint density at radius 2 is 2.12 bits per heavy atom. The maximum atomic E-state index is 9.76. The lowest BCUT2D eigenvalue weighted by Gasteiger charge is -2.14. The summed E-state index contributed by atoms with van der Waals surface area (Å²) < 4.78 is 0. The number of rotatable bonds is 3. The van der Waals surface area contributed by atoms with E-state index < -0.39 is 5.60 Å². The van der Waals surface area contributed by atoms with Gasteiger partial charge in [-0.15, -0.1) is 11.3 Å². The third-order valence-corrected chi connectivity index (χ3v) is 3.30. The summed E-state index contributed by atoms with van der Waals surface area (Å²) in [7, 11) is 0. The van der Waals surface area contributed by atoms with Crippen molar-refractivity contribution in [2.24, 2.45) is 0 Å². The molecule has 0 saturated heterocycles. The van der Waals surface area contributed by atoms with E-state index in [9.17, 15) is 5.11 Å². The average molecular weight is 247 g/mol. The summed E-state index contributed by atoms with van der Waals surface area (Å²) in [5.74, 6) is 0. The Hall–Kier alpha value is -1.19. The van der Waals surface area contributed by atoms with Crippen LogP contribution in [0.2, 0.25) is 0 Å². The molecule has 3 heteroatoms. The number of benzene rings is 1. The Bertz CT molecular complexity index is 511. The van der Waals surface area contributed by atoms with E-state index in [2.05, 4.69) is 35.5 Å². The molecule has 0 aliphatic rings. The third kappa shape index (κ3) is 3.38. The number of hydrogen-bond donors (Lipinski definition) is 1. The molecule has 0 radical (unpaired) electrons. The maximum absolute atomic E-state index is 9.76. The van der Waals surface area contributed by atoms with Gasteiger partial charge in [-0.3, -0.25) is 0 Å². The minimum absolute atomic E-state index is 0.601. The second-order valence-corrected chi connectivity index (χ2v) is 5.93. The van der Waals surface area contributed by atoms with Gasteiger partial charge in [0.2, 0.25) is 0 Å². The molecule has 90 valence electrons. The molecule has 0 unspecified atom stereocenters. The Balaban J connectivity index is 2.24. The molecule has 1 heterocycles. The van der Waals surface area contributed by atoms with Gasteiger partial charge in [-0.05, 0) is 26.8 Å². The summed E-state index contributed by atoms with van der Waals surface area (Å²) in [5, 5.41) is 12.8. The van der Waals surface area contributed by atoms with E-state index in [1.165, 1.54) is 5.56 Å². The first-order chi connectivity index (χ1) is 7.94. The van der Waals surface area contributed by atoms with Crippen molar-refractivity contribution in [1.82, 2.24) is 4.98 Å². The van der Waals surface area contributed by atoms with Crippen LogP contribution < -0.4 is 0 Å². The van der Waals surface area contributed by atoms with Gasteiger partial charge in [0, 0.05) is 17.4 Å². The average Bonchev–Trinajstić information content (AvgIpc) is 2.63. The minimum Gasteiger partial charge on any atom is -0.390 e. The molecule has 0 aliphatic heterocycles. The molecule has 1 aromatic heterocycles. The van der Waals surface area contributed by atoms with Crippen LogP contribution in [0.25, 0.3) is 11.3 Å². The lowest BCUT2D eigenvalue weighted by atomic mass is 10.1. The van der Waals surface area contributed by atoms with Gasteiger partial charge < -0.3 is 5.11 Å². The van der Waals surface area contributed by atoms with Crippen molar-refractivity contribution in [3.05, 3.63) is 40.2 Å². The molecule has 1 aromatic carbocycles. The van der Waals surface area contributed by atoms with E-state index in [-0.39, 0.29) is 0 Å². The predicted molar refractivity (Wildman–Crippen MR) is 72.3 cm³/mol. The first-order valence-electron chi connectivity index (χ1n) is 5.68. The van der Waals surface area contributed by atoms with Gasteiger partial charge in [0.25, 0.3) is 0 Å². The highest BCUT2D eigenvalue weighted by atomic mass is 32.1. The van der Waals surface area contributed by atoms with E-state index in [1.807, 2.05) is 6.07 Å². The molecule has 17 heavy (non-hydrogen) atoms. The molecule has 0 aliphatic carbocycles.